The highest BCUT2D eigenvalue weighted by Crippen LogP contribution is 2.23. The van der Waals surface area contributed by atoms with Gasteiger partial charge in [-0.05, 0) is 18.2 Å². The Balaban J connectivity index is 2.12. The van der Waals surface area contributed by atoms with Crippen LogP contribution in [0.2, 0.25) is 5.02 Å². The van der Waals surface area contributed by atoms with Crippen LogP contribution in [0.1, 0.15) is 29.1 Å². The Morgan fingerprint density at radius 2 is 2.16 bits per heavy atom. The highest BCUT2D eigenvalue weighted by atomic mass is 35.5. The normalized spacial score (nSPS) is 10.4. The molecule has 0 saturated carbocycles. The molecule has 0 saturated heterocycles. The maximum absolute atomic E-state index is 11.0. The first-order valence-corrected chi connectivity index (χ1v) is 5.95. The van der Waals surface area contributed by atoms with E-state index in [4.69, 9.17) is 25.9 Å². The number of halogens is 1. The van der Waals surface area contributed by atoms with Gasteiger partial charge in [0.25, 0.3) is 5.89 Å². The van der Waals surface area contributed by atoms with Gasteiger partial charge in [-0.15, -0.1) is 10.2 Å². The van der Waals surface area contributed by atoms with Gasteiger partial charge in [-0.1, -0.05) is 18.5 Å². The summed E-state index contributed by atoms with van der Waals surface area (Å²) in [5, 5.41) is 16.9. The number of benzene rings is 1. The van der Waals surface area contributed by atoms with Crippen molar-refractivity contribution in [2.24, 2.45) is 0 Å². The fourth-order valence-electron chi connectivity index (χ4n) is 1.42. The Kier molecular flexibility index (Phi) is 4.01. The predicted molar refractivity (Wildman–Crippen MR) is 66.4 cm³/mol. The third kappa shape index (κ3) is 3.23. The van der Waals surface area contributed by atoms with E-state index in [2.05, 4.69) is 10.2 Å². The number of aromatic nitrogens is 2. The van der Waals surface area contributed by atoms with Gasteiger partial charge in [0.15, 0.2) is 6.61 Å². The van der Waals surface area contributed by atoms with Crippen molar-refractivity contribution in [3.63, 3.8) is 0 Å². The second kappa shape index (κ2) is 5.71. The standard InChI is InChI=1S/C12H11ClN2O4/c1-2-10-14-15-11(19-10)6-18-9-4-3-7(13)5-8(9)12(16)17/h3-5H,2,6H2,1H3,(H,16,17). The molecule has 0 unspecified atom stereocenters. The number of nitrogens with zero attached hydrogens (tertiary/aromatic N) is 2. The second-order valence-electron chi connectivity index (χ2n) is 3.68. The summed E-state index contributed by atoms with van der Waals surface area (Å²) in [6, 6.07) is 4.36. The molecule has 2 aromatic rings. The number of carboxylic acids is 1. The quantitative estimate of drug-likeness (QED) is 0.907. The first-order chi connectivity index (χ1) is 9.10. The molecule has 100 valence electrons. The topological polar surface area (TPSA) is 85.5 Å². The molecule has 0 radical (unpaired) electrons. The van der Waals surface area contributed by atoms with Crippen molar-refractivity contribution in [3.05, 3.63) is 40.6 Å². The minimum absolute atomic E-state index is 0.00884. The van der Waals surface area contributed by atoms with Gasteiger partial charge in [0, 0.05) is 11.4 Å². The summed E-state index contributed by atoms with van der Waals surface area (Å²) in [5.74, 6) is -0.110. The summed E-state index contributed by atoms with van der Waals surface area (Å²) in [4.78, 5) is 11.0. The van der Waals surface area contributed by atoms with E-state index >= 15 is 0 Å². The smallest absolute Gasteiger partial charge is 0.339 e. The number of aromatic carboxylic acids is 1. The van der Waals surface area contributed by atoms with E-state index in [1.807, 2.05) is 6.92 Å². The molecule has 0 aliphatic rings. The summed E-state index contributed by atoms with van der Waals surface area (Å²) < 4.78 is 10.6. The van der Waals surface area contributed by atoms with Gasteiger partial charge in [-0.2, -0.15) is 0 Å². The fraction of sp³-hybridized carbons (Fsp3) is 0.250. The average Bonchev–Trinajstić information content (AvgIpc) is 2.85. The van der Waals surface area contributed by atoms with Crippen LogP contribution in [-0.2, 0) is 13.0 Å². The van der Waals surface area contributed by atoms with Crippen molar-refractivity contribution >= 4 is 17.6 Å². The maximum Gasteiger partial charge on any atom is 0.339 e. The van der Waals surface area contributed by atoms with E-state index in [9.17, 15) is 4.79 Å². The number of hydrogen-bond acceptors (Lipinski definition) is 5. The fourth-order valence-corrected chi connectivity index (χ4v) is 1.60. The Labute approximate surface area is 114 Å². The SMILES string of the molecule is CCc1nnc(COc2ccc(Cl)cc2C(=O)O)o1. The van der Waals surface area contributed by atoms with Crippen LogP contribution in [0.5, 0.6) is 5.75 Å². The van der Waals surface area contributed by atoms with Crippen LogP contribution < -0.4 is 4.74 Å². The Hall–Kier alpha value is -2.08. The molecule has 1 heterocycles. The third-order valence-corrected chi connectivity index (χ3v) is 2.57. The molecule has 0 aliphatic heterocycles. The molecule has 0 spiro atoms. The first-order valence-electron chi connectivity index (χ1n) is 5.57. The molecule has 2 rings (SSSR count). The zero-order chi connectivity index (χ0) is 13.8. The molecule has 0 aliphatic carbocycles. The third-order valence-electron chi connectivity index (χ3n) is 2.33. The molecular weight excluding hydrogens is 272 g/mol. The summed E-state index contributed by atoms with van der Waals surface area (Å²) in [7, 11) is 0. The molecule has 1 aromatic carbocycles. The highest BCUT2D eigenvalue weighted by Gasteiger charge is 2.13. The Bertz CT molecular complexity index is 597. The van der Waals surface area contributed by atoms with Gasteiger partial charge in [0.2, 0.25) is 5.89 Å². The van der Waals surface area contributed by atoms with Gasteiger partial charge in [-0.25, -0.2) is 4.79 Å². The number of carbonyl (C=O) groups is 1. The Morgan fingerprint density at radius 3 is 2.79 bits per heavy atom. The van der Waals surface area contributed by atoms with Crippen molar-refractivity contribution < 1.29 is 19.1 Å². The van der Waals surface area contributed by atoms with Gasteiger partial charge in [-0.3, -0.25) is 0 Å². The zero-order valence-corrected chi connectivity index (χ0v) is 10.8. The van der Waals surface area contributed by atoms with Crippen molar-refractivity contribution in [2.75, 3.05) is 0 Å². The second-order valence-corrected chi connectivity index (χ2v) is 4.11. The molecule has 0 atom stereocenters. The van der Waals surface area contributed by atoms with Crippen LogP contribution in [0.4, 0.5) is 0 Å². The minimum atomic E-state index is -1.11. The van der Waals surface area contributed by atoms with Crippen LogP contribution >= 0.6 is 11.6 Å². The summed E-state index contributed by atoms with van der Waals surface area (Å²) in [5.41, 5.74) is -0.0114. The first kappa shape index (κ1) is 13.4. The number of carboxylic acid groups (broad SMARTS) is 1. The van der Waals surface area contributed by atoms with E-state index < -0.39 is 5.97 Å². The van der Waals surface area contributed by atoms with Gasteiger partial charge in [0.1, 0.15) is 11.3 Å². The number of rotatable bonds is 5. The van der Waals surface area contributed by atoms with Crippen molar-refractivity contribution in [1.82, 2.24) is 10.2 Å². The van der Waals surface area contributed by atoms with E-state index in [1.54, 1.807) is 6.07 Å². The number of ether oxygens (including phenoxy) is 1. The van der Waals surface area contributed by atoms with Crippen LogP contribution in [0.3, 0.4) is 0 Å². The lowest BCUT2D eigenvalue weighted by molar-refractivity contribution is 0.0691. The van der Waals surface area contributed by atoms with Crippen LogP contribution in [0.25, 0.3) is 0 Å². The average molecular weight is 283 g/mol. The molecule has 19 heavy (non-hydrogen) atoms. The van der Waals surface area contributed by atoms with E-state index in [-0.39, 0.29) is 17.9 Å². The molecule has 7 heteroatoms. The lowest BCUT2D eigenvalue weighted by Crippen LogP contribution is -2.03. The lowest BCUT2D eigenvalue weighted by Gasteiger charge is -2.07. The summed E-state index contributed by atoms with van der Waals surface area (Å²) in [6.07, 6.45) is 0.633. The summed E-state index contributed by atoms with van der Waals surface area (Å²) in [6.45, 7) is 1.90. The molecule has 0 amide bonds. The van der Waals surface area contributed by atoms with Gasteiger partial charge in [0.05, 0.1) is 0 Å². The zero-order valence-electron chi connectivity index (χ0n) is 10.1. The number of hydrogen-bond donors (Lipinski definition) is 1. The van der Waals surface area contributed by atoms with Crippen LogP contribution in [0, 0.1) is 0 Å². The maximum atomic E-state index is 11.0. The Morgan fingerprint density at radius 1 is 1.42 bits per heavy atom. The minimum Gasteiger partial charge on any atom is -0.483 e. The van der Waals surface area contributed by atoms with Crippen molar-refractivity contribution in [2.45, 2.75) is 20.0 Å². The molecule has 1 aromatic heterocycles. The summed E-state index contributed by atoms with van der Waals surface area (Å²) >= 11 is 5.74. The molecule has 0 fully saturated rings. The van der Waals surface area contributed by atoms with Crippen molar-refractivity contribution in [3.8, 4) is 5.75 Å². The largest absolute Gasteiger partial charge is 0.483 e. The van der Waals surface area contributed by atoms with Crippen LogP contribution in [-0.4, -0.2) is 21.3 Å². The van der Waals surface area contributed by atoms with Crippen molar-refractivity contribution in [1.29, 1.82) is 0 Å². The molecule has 6 nitrogen and oxygen atoms in total. The van der Waals surface area contributed by atoms with Crippen LogP contribution in [0.15, 0.2) is 22.6 Å². The highest BCUT2D eigenvalue weighted by molar-refractivity contribution is 6.31. The monoisotopic (exact) mass is 282 g/mol. The van der Waals surface area contributed by atoms with E-state index in [1.165, 1.54) is 12.1 Å². The van der Waals surface area contributed by atoms with E-state index in [0.717, 1.165) is 0 Å². The molecular formula is C12H11ClN2O4. The lowest BCUT2D eigenvalue weighted by atomic mass is 10.2. The number of aryl methyl sites for hydroxylation is 1. The molecule has 1 N–H and O–H groups in total. The van der Waals surface area contributed by atoms with E-state index in [0.29, 0.717) is 23.2 Å². The van der Waals surface area contributed by atoms with Gasteiger partial charge >= 0.3 is 5.97 Å². The molecule has 0 bridgehead atoms. The predicted octanol–water partition coefficient (Wildman–Crippen LogP) is 2.56. The van der Waals surface area contributed by atoms with Gasteiger partial charge < -0.3 is 14.3 Å².